The second-order valence-corrected chi connectivity index (χ2v) is 12.7. The fourth-order valence-corrected chi connectivity index (χ4v) is 7.40. The molecule has 0 spiro atoms. The molecular weight excluding hydrogens is 340 g/mol. The highest BCUT2D eigenvalue weighted by Gasteiger charge is 2.51. The van der Waals surface area contributed by atoms with Crippen molar-refractivity contribution in [3.8, 4) is 0 Å². The first-order chi connectivity index (χ1) is 13.1. The van der Waals surface area contributed by atoms with Crippen LogP contribution in [0.15, 0.2) is 24.3 Å². The number of fused-ring (bicyclic) bond motifs is 10. The predicted molar refractivity (Wildman–Crippen MR) is 118 cm³/mol. The lowest BCUT2D eigenvalue weighted by Crippen LogP contribution is -2.40. The molecule has 2 heteroatoms. The van der Waals surface area contributed by atoms with Gasteiger partial charge in [0, 0.05) is 37.3 Å². The van der Waals surface area contributed by atoms with Crippen LogP contribution < -0.4 is 0 Å². The number of rotatable bonds is 0. The zero-order chi connectivity index (χ0) is 19.8. The van der Waals surface area contributed by atoms with E-state index in [4.69, 9.17) is 0 Å². The van der Waals surface area contributed by atoms with Gasteiger partial charge in [0.25, 0.3) is 0 Å². The first-order valence-electron chi connectivity index (χ1n) is 12.0. The third-order valence-electron chi connectivity index (χ3n) is 9.22. The molecule has 4 fully saturated rings. The van der Waals surface area contributed by atoms with Crippen molar-refractivity contribution in [2.45, 2.75) is 65.5 Å². The standard InChI is InChI=1S/2C13H21N/c2*1-13(2,3)14-7-11-9-4-5-10(6-9)12(11)8-14/h2*4-5,9-12H,6-8H2,1-3H3. The zero-order valence-corrected chi connectivity index (χ0v) is 19.1. The maximum Gasteiger partial charge on any atom is 0.0125 e. The maximum absolute atomic E-state index is 2.69. The molecule has 2 saturated carbocycles. The average molecular weight is 383 g/mol. The van der Waals surface area contributed by atoms with E-state index in [2.05, 4.69) is 75.6 Å². The van der Waals surface area contributed by atoms with Gasteiger partial charge in [0.15, 0.2) is 0 Å². The van der Waals surface area contributed by atoms with E-state index in [0.717, 1.165) is 47.3 Å². The molecule has 2 aliphatic heterocycles. The Kier molecular flexibility index (Phi) is 4.46. The van der Waals surface area contributed by atoms with Crippen LogP contribution in [-0.4, -0.2) is 47.1 Å². The van der Waals surface area contributed by atoms with Crippen LogP contribution >= 0.6 is 0 Å². The van der Waals surface area contributed by atoms with Crippen molar-refractivity contribution >= 4 is 0 Å². The molecule has 4 aliphatic carbocycles. The van der Waals surface area contributed by atoms with Gasteiger partial charge in [0.1, 0.15) is 0 Å². The summed E-state index contributed by atoms with van der Waals surface area (Å²) in [7, 11) is 0. The van der Waals surface area contributed by atoms with E-state index in [9.17, 15) is 0 Å². The number of likely N-dealkylation sites (tertiary alicyclic amines) is 2. The summed E-state index contributed by atoms with van der Waals surface area (Å²) < 4.78 is 0. The molecule has 0 radical (unpaired) electrons. The zero-order valence-electron chi connectivity index (χ0n) is 19.1. The molecule has 0 aromatic carbocycles. The van der Waals surface area contributed by atoms with Crippen molar-refractivity contribution in [3.05, 3.63) is 24.3 Å². The van der Waals surface area contributed by atoms with Crippen LogP contribution in [-0.2, 0) is 0 Å². The van der Waals surface area contributed by atoms with Gasteiger partial charge in [-0.25, -0.2) is 0 Å². The van der Waals surface area contributed by atoms with Crippen LogP contribution in [0.2, 0.25) is 0 Å². The summed E-state index contributed by atoms with van der Waals surface area (Å²) in [6.45, 7) is 19.5. The van der Waals surface area contributed by atoms with Crippen LogP contribution in [0.1, 0.15) is 54.4 Å². The number of hydrogen-bond acceptors (Lipinski definition) is 2. The van der Waals surface area contributed by atoms with Gasteiger partial charge in [-0.15, -0.1) is 0 Å². The van der Waals surface area contributed by atoms with E-state index < -0.39 is 0 Å². The summed E-state index contributed by atoms with van der Waals surface area (Å²) in [4.78, 5) is 5.38. The van der Waals surface area contributed by atoms with E-state index in [0.29, 0.717) is 11.1 Å². The first-order valence-corrected chi connectivity index (χ1v) is 12.0. The highest BCUT2D eigenvalue weighted by atomic mass is 15.2. The predicted octanol–water partition coefficient (Wildman–Crippen LogP) is 5.08. The second-order valence-electron chi connectivity index (χ2n) is 12.7. The van der Waals surface area contributed by atoms with Crippen molar-refractivity contribution < 1.29 is 0 Å². The quantitative estimate of drug-likeness (QED) is 0.539. The van der Waals surface area contributed by atoms with Gasteiger partial charge < -0.3 is 0 Å². The lowest BCUT2D eigenvalue weighted by atomic mass is 9.86. The minimum absolute atomic E-state index is 0.379. The largest absolute Gasteiger partial charge is 0.298 e. The lowest BCUT2D eigenvalue weighted by molar-refractivity contribution is 0.156. The Labute approximate surface area is 173 Å². The molecule has 4 bridgehead atoms. The number of allylic oxidation sites excluding steroid dienone is 4. The Balaban J connectivity index is 0.000000122. The van der Waals surface area contributed by atoms with E-state index in [1.54, 1.807) is 0 Å². The van der Waals surface area contributed by atoms with E-state index >= 15 is 0 Å². The Hall–Kier alpha value is -0.600. The molecule has 2 heterocycles. The van der Waals surface area contributed by atoms with Crippen LogP contribution in [0.4, 0.5) is 0 Å². The molecule has 0 aromatic rings. The van der Waals surface area contributed by atoms with Crippen LogP contribution in [0, 0.1) is 47.3 Å². The highest BCUT2D eigenvalue weighted by Crippen LogP contribution is 2.53. The molecule has 8 atom stereocenters. The van der Waals surface area contributed by atoms with Crippen molar-refractivity contribution in [2.75, 3.05) is 26.2 Å². The number of hydrogen-bond donors (Lipinski definition) is 0. The molecule has 0 N–H and O–H groups in total. The van der Waals surface area contributed by atoms with E-state index in [1.807, 2.05) is 0 Å². The van der Waals surface area contributed by atoms with Crippen molar-refractivity contribution in [3.63, 3.8) is 0 Å². The SMILES string of the molecule is CC(C)(C)N1CC2C3C=CC(C3)C2C1.CC(C)(C)N1CC2C3C=CC(C3)C2C1. The van der Waals surface area contributed by atoms with Crippen LogP contribution in [0.3, 0.4) is 0 Å². The fraction of sp³-hybridized carbons (Fsp3) is 0.846. The minimum Gasteiger partial charge on any atom is -0.298 e. The third kappa shape index (κ3) is 3.14. The second kappa shape index (κ2) is 6.45. The smallest absolute Gasteiger partial charge is 0.0125 e. The minimum atomic E-state index is 0.379. The summed E-state index contributed by atoms with van der Waals surface area (Å²) >= 11 is 0. The normalized spacial score (nSPS) is 46.2. The number of nitrogens with zero attached hydrogens (tertiary/aromatic N) is 2. The molecule has 2 saturated heterocycles. The summed E-state index contributed by atoms with van der Waals surface area (Å²) in [6, 6.07) is 0. The van der Waals surface area contributed by atoms with Gasteiger partial charge in [-0.3, -0.25) is 9.80 Å². The summed E-state index contributed by atoms with van der Waals surface area (Å²) in [5.41, 5.74) is 0.757. The Morgan fingerprint density at radius 1 is 0.500 bits per heavy atom. The summed E-state index contributed by atoms with van der Waals surface area (Å²) in [5.74, 6) is 7.67. The fourth-order valence-electron chi connectivity index (χ4n) is 7.40. The van der Waals surface area contributed by atoms with Gasteiger partial charge in [-0.2, -0.15) is 0 Å². The maximum atomic E-state index is 2.69. The highest BCUT2D eigenvalue weighted by molar-refractivity contribution is 5.18. The Morgan fingerprint density at radius 2 is 0.750 bits per heavy atom. The lowest BCUT2D eigenvalue weighted by Gasteiger charge is -2.32. The van der Waals surface area contributed by atoms with Gasteiger partial charge in [-0.1, -0.05) is 24.3 Å². The van der Waals surface area contributed by atoms with E-state index in [1.165, 1.54) is 39.0 Å². The average Bonchev–Trinajstić information content (AvgIpc) is 3.43. The van der Waals surface area contributed by atoms with Crippen LogP contribution in [0.5, 0.6) is 0 Å². The Morgan fingerprint density at radius 3 is 0.964 bits per heavy atom. The van der Waals surface area contributed by atoms with Gasteiger partial charge in [-0.05, 0) is 102 Å². The van der Waals surface area contributed by atoms with Gasteiger partial charge in [0.05, 0.1) is 0 Å². The molecule has 6 rings (SSSR count). The molecule has 156 valence electrons. The Bertz CT molecular complexity index is 565. The summed E-state index contributed by atoms with van der Waals surface area (Å²) in [6.07, 6.45) is 12.9. The molecular formula is C26H42N2. The van der Waals surface area contributed by atoms with Gasteiger partial charge in [0.2, 0.25) is 0 Å². The topological polar surface area (TPSA) is 6.48 Å². The van der Waals surface area contributed by atoms with Crippen LogP contribution in [0.25, 0.3) is 0 Å². The molecule has 0 amide bonds. The monoisotopic (exact) mass is 382 g/mol. The van der Waals surface area contributed by atoms with Crippen molar-refractivity contribution in [1.82, 2.24) is 9.80 Å². The molecule has 2 nitrogen and oxygen atoms in total. The molecule has 0 aromatic heterocycles. The summed E-state index contributed by atoms with van der Waals surface area (Å²) in [5, 5.41) is 0. The van der Waals surface area contributed by atoms with Crippen molar-refractivity contribution in [1.29, 1.82) is 0 Å². The molecule has 8 unspecified atom stereocenters. The molecule has 6 aliphatic rings. The molecule has 28 heavy (non-hydrogen) atoms. The first kappa shape index (κ1) is 19.4. The van der Waals surface area contributed by atoms with Gasteiger partial charge >= 0.3 is 0 Å². The van der Waals surface area contributed by atoms with Crippen molar-refractivity contribution in [2.24, 2.45) is 47.3 Å². The third-order valence-corrected chi connectivity index (χ3v) is 9.22. The van der Waals surface area contributed by atoms with E-state index in [-0.39, 0.29) is 0 Å².